The lowest BCUT2D eigenvalue weighted by atomic mass is 11.4. The third kappa shape index (κ3) is 1.68. The smallest absolute Gasteiger partial charge is 0.163 e. The molecule has 6 N–H and O–H groups in total. The zero-order chi connectivity index (χ0) is 7.78. The van der Waals surface area contributed by atoms with Crippen molar-refractivity contribution in [2.75, 3.05) is 0 Å². The summed E-state index contributed by atoms with van der Waals surface area (Å²) in [6, 6.07) is 0. The van der Waals surface area contributed by atoms with Crippen molar-refractivity contribution < 1.29 is 0 Å². The molecule has 1 heterocycles. The van der Waals surface area contributed by atoms with Crippen molar-refractivity contribution in [2.24, 2.45) is 11.5 Å². The van der Waals surface area contributed by atoms with Crippen LogP contribution in [-0.2, 0) is 0 Å². The second-order valence-electron chi connectivity index (χ2n) is 1.40. The molecule has 58 valence electrons. The molecule has 10 heavy (non-hydrogen) atoms. The summed E-state index contributed by atoms with van der Waals surface area (Å²) in [5, 5.41) is 14.3. The van der Waals surface area contributed by atoms with Crippen LogP contribution in [0.15, 0.2) is 0 Å². The molecular weight excluding hydrogens is 208 g/mol. The first-order valence-corrected chi connectivity index (χ1v) is 8.30. The third-order valence-corrected chi connectivity index (χ3v) is 13.6. The molecule has 0 aromatic heterocycles. The quantitative estimate of drug-likeness (QED) is 0.212. The highest BCUT2D eigenvalue weighted by molar-refractivity contribution is 9.86. The molecule has 8 heteroatoms. The summed E-state index contributed by atoms with van der Waals surface area (Å²) in [4.78, 5) is 0. The van der Waals surface area contributed by atoms with Crippen LogP contribution in [-0.4, -0.2) is 10.3 Å². The van der Waals surface area contributed by atoms with Crippen LogP contribution >= 0.6 is 37.6 Å². The van der Waals surface area contributed by atoms with E-state index in [0.29, 0.717) is 0 Å². The average molecular weight is 214 g/mol. The summed E-state index contributed by atoms with van der Waals surface area (Å²) in [5.41, 5.74) is 10.4. The highest BCUT2D eigenvalue weighted by Crippen LogP contribution is 2.99. The normalized spacial score (nSPS) is 23.2. The second kappa shape index (κ2) is 2.76. The average Bonchev–Trinajstić information content (AvgIpc) is 2.46. The Kier molecular flexibility index (Phi) is 2.33. The zero-order valence-corrected chi connectivity index (χ0v) is 8.05. The van der Waals surface area contributed by atoms with Gasteiger partial charge in [-0.2, -0.15) is 0 Å². The Morgan fingerprint density at radius 1 is 1.30 bits per heavy atom. The van der Waals surface area contributed by atoms with Gasteiger partial charge in [0.25, 0.3) is 0 Å². The van der Waals surface area contributed by atoms with Gasteiger partial charge in [-0.05, 0) is 37.6 Å². The van der Waals surface area contributed by atoms with Gasteiger partial charge in [0.2, 0.25) is 0 Å². The molecule has 0 bridgehead atoms. The van der Waals surface area contributed by atoms with E-state index in [4.69, 9.17) is 22.3 Å². The number of amidine groups is 2. The van der Waals surface area contributed by atoms with Gasteiger partial charge in [0.1, 0.15) is 0 Å². The van der Waals surface area contributed by atoms with E-state index in [1.807, 2.05) is 0 Å². The van der Waals surface area contributed by atoms with Crippen molar-refractivity contribution in [3.8, 4) is 0 Å². The minimum absolute atomic E-state index is 0.0442. The van der Waals surface area contributed by atoms with Gasteiger partial charge in [-0.1, -0.05) is 0 Å². The first-order chi connectivity index (χ1) is 4.57. The lowest BCUT2D eigenvalue weighted by Crippen LogP contribution is -2.11. The lowest BCUT2D eigenvalue weighted by molar-refractivity contribution is 1.50. The molecule has 1 rings (SSSR count). The van der Waals surface area contributed by atoms with E-state index in [1.165, 1.54) is 10.8 Å². The zero-order valence-electron chi connectivity index (χ0n) is 4.79. The maximum atomic E-state index is 7.15. The van der Waals surface area contributed by atoms with Crippen molar-refractivity contribution >= 4 is 47.9 Å². The molecule has 1 fully saturated rings. The van der Waals surface area contributed by atoms with Crippen LogP contribution in [0, 0.1) is 10.8 Å². The molecule has 0 atom stereocenters. The summed E-state index contributed by atoms with van der Waals surface area (Å²) in [7, 11) is 3.00. The van der Waals surface area contributed by atoms with Gasteiger partial charge >= 0.3 is 0 Å². The van der Waals surface area contributed by atoms with Crippen LogP contribution in [0.2, 0.25) is 0 Å². The first-order valence-electron chi connectivity index (χ1n) is 2.15. The molecule has 0 aliphatic carbocycles. The summed E-state index contributed by atoms with van der Waals surface area (Å²) >= 11 is 0. The van der Waals surface area contributed by atoms with Crippen LogP contribution < -0.4 is 11.5 Å². The van der Waals surface area contributed by atoms with Crippen molar-refractivity contribution in [1.82, 2.24) is 0 Å². The maximum absolute atomic E-state index is 7.15. The fraction of sp³-hybridized carbons (Fsp3) is 0. The maximum Gasteiger partial charge on any atom is 0.163 e. The third-order valence-electron chi connectivity index (χ3n) is 0.660. The van der Waals surface area contributed by atoms with E-state index < -0.39 is 7.12 Å². The van der Waals surface area contributed by atoms with E-state index >= 15 is 0 Å². The minimum atomic E-state index is -1.29. The van der Waals surface area contributed by atoms with Crippen LogP contribution in [0.5, 0.6) is 0 Å². The Morgan fingerprint density at radius 2 is 1.80 bits per heavy atom. The van der Waals surface area contributed by atoms with Gasteiger partial charge in [-0.3, -0.25) is 10.8 Å². The van der Waals surface area contributed by atoms with Crippen LogP contribution in [0.3, 0.4) is 0 Å². The highest BCUT2D eigenvalue weighted by Gasteiger charge is 2.46. The topological polar surface area (TPSA) is 99.7 Å². The predicted octanol–water partition coefficient (Wildman–Crippen LogP) is 1.45. The van der Waals surface area contributed by atoms with E-state index in [2.05, 4.69) is 0 Å². The number of rotatable bonds is 0. The molecule has 0 saturated carbocycles. The molecule has 1 saturated heterocycles. The Balaban J connectivity index is 2.53. The Morgan fingerprint density at radius 3 is 1.90 bits per heavy atom. The van der Waals surface area contributed by atoms with Gasteiger partial charge < -0.3 is 11.5 Å². The SMILES string of the molecule is N=C(N)SS1(C(=N)N)SS1. The molecule has 0 amide bonds. The minimum Gasteiger partial charge on any atom is -0.378 e. The van der Waals surface area contributed by atoms with Gasteiger partial charge in [0.05, 0.1) is 0 Å². The molecule has 0 radical (unpaired) electrons. The molecule has 1 aliphatic heterocycles. The van der Waals surface area contributed by atoms with E-state index in [0.717, 1.165) is 0 Å². The van der Waals surface area contributed by atoms with Gasteiger partial charge in [-0.25, -0.2) is 0 Å². The van der Waals surface area contributed by atoms with Crippen molar-refractivity contribution in [3.63, 3.8) is 0 Å². The largest absolute Gasteiger partial charge is 0.378 e. The first kappa shape index (κ1) is 8.44. The van der Waals surface area contributed by atoms with E-state index in [1.54, 1.807) is 19.7 Å². The van der Waals surface area contributed by atoms with E-state index in [-0.39, 0.29) is 10.3 Å². The van der Waals surface area contributed by atoms with Crippen molar-refractivity contribution in [2.45, 2.75) is 0 Å². The summed E-state index contributed by atoms with van der Waals surface area (Å²) < 4.78 is 0. The fourth-order valence-corrected chi connectivity index (χ4v) is 10.9. The highest BCUT2D eigenvalue weighted by atomic mass is 34.3. The van der Waals surface area contributed by atoms with Crippen LogP contribution in [0.25, 0.3) is 0 Å². The Hall–Kier alpha value is 0.340. The van der Waals surface area contributed by atoms with Gasteiger partial charge in [0.15, 0.2) is 10.3 Å². The number of nitrogens with one attached hydrogen (secondary N) is 2. The molecule has 1 aliphatic rings. The van der Waals surface area contributed by atoms with Crippen LogP contribution in [0.4, 0.5) is 0 Å². The number of nitrogens with two attached hydrogens (primary N) is 2. The molecule has 0 aromatic rings. The fourth-order valence-electron chi connectivity index (χ4n) is 0.289. The summed E-state index contributed by atoms with van der Waals surface area (Å²) in [5.74, 6) is 0. The second-order valence-corrected chi connectivity index (χ2v) is 13.8. The van der Waals surface area contributed by atoms with Gasteiger partial charge in [0, 0.05) is 0 Å². The molecular formula is C2H6N4S4. The van der Waals surface area contributed by atoms with Crippen LogP contribution in [0.1, 0.15) is 0 Å². The number of hydrogen-bond donors (Lipinski definition) is 4. The standard InChI is InChI=1S/C2H6N4S4/c3-1(4)7-10(2(5)6)8-9-10/h(H3,3,4)(H3,5,6). The summed E-state index contributed by atoms with van der Waals surface area (Å²) in [6.07, 6.45) is 0. The van der Waals surface area contributed by atoms with E-state index in [9.17, 15) is 0 Å². The monoisotopic (exact) mass is 214 g/mol. The van der Waals surface area contributed by atoms with Gasteiger partial charge in [-0.15, -0.1) is 0 Å². The Labute approximate surface area is 70.2 Å². The molecule has 0 unspecified atom stereocenters. The lowest BCUT2D eigenvalue weighted by Gasteiger charge is -2.09. The molecule has 0 spiro atoms. The van der Waals surface area contributed by atoms with Crippen molar-refractivity contribution in [1.29, 1.82) is 10.8 Å². The summed E-state index contributed by atoms with van der Waals surface area (Å²) in [6.45, 7) is 0. The van der Waals surface area contributed by atoms with Crippen molar-refractivity contribution in [3.05, 3.63) is 0 Å². The molecule has 0 aromatic carbocycles. The predicted molar refractivity (Wildman–Crippen MR) is 54.2 cm³/mol. The Bertz CT molecular complexity index is 186. The molecule has 4 nitrogen and oxygen atoms in total. The number of hydrogen-bond acceptors (Lipinski definition) is 5.